The zero-order chi connectivity index (χ0) is 19.0. The molecular weight excluding hydrogens is 346 g/mol. The highest BCUT2D eigenvalue weighted by atomic mass is 16.7. The second-order valence-electron chi connectivity index (χ2n) is 7.68. The minimum Gasteiger partial charge on any atom is -0.347 e. The van der Waals surface area contributed by atoms with E-state index in [2.05, 4.69) is 5.10 Å². The fourth-order valence-corrected chi connectivity index (χ4v) is 3.85. The van der Waals surface area contributed by atoms with Crippen molar-refractivity contribution in [3.05, 3.63) is 40.3 Å². The molecule has 0 N–H and O–H groups in total. The number of ether oxygens (including phenoxy) is 2. The number of carbonyl (C=O) groups excluding carboxylic acids is 1. The average Bonchev–Trinajstić information content (AvgIpc) is 3.12. The van der Waals surface area contributed by atoms with E-state index in [4.69, 9.17) is 9.47 Å². The highest BCUT2D eigenvalue weighted by Gasteiger charge is 2.41. The van der Waals surface area contributed by atoms with Gasteiger partial charge in [-0.05, 0) is 12.0 Å². The van der Waals surface area contributed by atoms with Crippen molar-refractivity contribution in [3.8, 4) is 0 Å². The zero-order valence-corrected chi connectivity index (χ0v) is 15.8. The summed E-state index contributed by atoms with van der Waals surface area (Å²) in [6, 6.07) is 7.21. The maximum Gasteiger partial charge on any atom is 0.274 e. The molecule has 0 bridgehead atoms. The van der Waals surface area contributed by atoms with Gasteiger partial charge < -0.3 is 14.4 Å². The number of nitrogens with zero attached hydrogens (tertiary/aromatic N) is 3. The Labute approximate surface area is 157 Å². The third-order valence-electron chi connectivity index (χ3n) is 5.23. The first-order valence-electron chi connectivity index (χ1n) is 9.56. The van der Waals surface area contributed by atoms with Crippen molar-refractivity contribution in [1.82, 2.24) is 14.7 Å². The molecule has 0 unspecified atom stereocenters. The molecule has 0 aliphatic carbocycles. The second-order valence-corrected chi connectivity index (χ2v) is 7.68. The standard InChI is InChI=1S/C20H25N3O4/c1-14(2)13-23-18(24)16-6-4-3-5-15(16)17(21-23)19(25)22-9-7-20(8-10-22)26-11-12-27-20/h3-6,14H,7-13H2,1-2H3. The van der Waals surface area contributed by atoms with Gasteiger partial charge in [-0.2, -0.15) is 5.10 Å². The molecule has 1 amide bonds. The van der Waals surface area contributed by atoms with Crippen LogP contribution in [0.4, 0.5) is 0 Å². The van der Waals surface area contributed by atoms with Crippen molar-refractivity contribution in [2.75, 3.05) is 26.3 Å². The number of piperidine rings is 1. The first-order chi connectivity index (χ1) is 13.0. The van der Waals surface area contributed by atoms with Crippen LogP contribution in [0.2, 0.25) is 0 Å². The van der Waals surface area contributed by atoms with Gasteiger partial charge in [-0.15, -0.1) is 0 Å². The summed E-state index contributed by atoms with van der Waals surface area (Å²) in [5.41, 5.74) is 0.191. The first kappa shape index (κ1) is 18.1. The summed E-state index contributed by atoms with van der Waals surface area (Å²) >= 11 is 0. The van der Waals surface area contributed by atoms with Gasteiger partial charge >= 0.3 is 0 Å². The van der Waals surface area contributed by atoms with E-state index in [-0.39, 0.29) is 17.4 Å². The molecule has 1 aromatic heterocycles. The largest absolute Gasteiger partial charge is 0.347 e. The molecule has 4 rings (SSSR count). The molecular formula is C20H25N3O4. The molecule has 2 aliphatic heterocycles. The van der Waals surface area contributed by atoms with Crippen molar-refractivity contribution in [1.29, 1.82) is 0 Å². The smallest absolute Gasteiger partial charge is 0.274 e. The van der Waals surface area contributed by atoms with E-state index >= 15 is 0 Å². The van der Waals surface area contributed by atoms with Crippen molar-refractivity contribution < 1.29 is 14.3 Å². The van der Waals surface area contributed by atoms with Crippen LogP contribution in [0.3, 0.4) is 0 Å². The van der Waals surface area contributed by atoms with Crippen LogP contribution in [0, 0.1) is 5.92 Å². The number of carbonyl (C=O) groups is 1. The Balaban J connectivity index is 1.67. The van der Waals surface area contributed by atoms with Gasteiger partial charge in [0.2, 0.25) is 0 Å². The Morgan fingerprint density at radius 3 is 2.41 bits per heavy atom. The molecule has 2 saturated heterocycles. The minimum atomic E-state index is -0.525. The van der Waals surface area contributed by atoms with Gasteiger partial charge in [-0.25, -0.2) is 4.68 Å². The average molecular weight is 371 g/mol. The number of hydrogen-bond donors (Lipinski definition) is 0. The van der Waals surface area contributed by atoms with Crippen LogP contribution in [-0.4, -0.2) is 52.7 Å². The Morgan fingerprint density at radius 1 is 1.15 bits per heavy atom. The summed E-state index contributed by atoms with van der Waals surface area (Å²) in [5, 5.41) is 5.60. The van der Waals surface area contributed by atoms with Crippen LogP contribution in [0.5, 0.6) is 0 Å². The molecule has 0 radical (unpaired) electrons. The van der Waals surface area contributed by atoms with Gasteiger partial charge in [0.1, 0.15) is 0 Å². The molecule has 0 atom stereocenters. The zero-order valence-electron chi connectivity index (χ0n) is 15.8. The third kappa shape index (κ3) is 3.37. The number of aromatic nitrogens is 2. The SMILES string of the molecule is CC(C)Cn1nc(C(=O)N2CCC3(CC2)OCCO3)c2ccccc2c1=O. The van der Waals surface area contributed by atoms with Gasteiger partial charge in [-0.1, -0.05) is 32.0 Å². The van der Waals surface area contributed by atoms with E-state index in [1.165, 1.54) is 4.68 Å². The van der Waals surface area contributed by atoms with Gasteiger partial charge in [0.25, 0.3) is 11.5 Å². The van der Waals surface area contributed by atoms with E-state index in [1.54, 1.807) is 17.0 Å². The van der Waals surface area contributed by atoms with Crippen molar-refractivity contribution in [2.24, 2.45) is 5.92 Å². The molecule has 2 aliphatic rings. The molecule has 27 heavy (non-hydrogen) atoms. The fraction of sp³-hybridized carbons (Fsp3) is 0.550. The summed E-state index contributed by atoms with van der Waals surface area (Å²) in [7, 11) is 0. The van der Waals surface area contributed by atoms with E-state index < -0.39 is 5.79 Å². The topological polar surface area (TPSA) is 73.7 Å². The summed E-state index contributed by atoms with van der Waals surface area (Å²) < 4.78 is 12.9. The maximum absolute atomic E-state index is 13.2. The van der Waals surface area contributed by atoms with Gasteiger partial charge in [-0.3, -0.25) is 9.59 Å². The summed E-state index contributed by atoms with van der Waals surface area (Å²) in [6.07, 6.45) is 1.31. The molecule has 7 nitrogen and oxygen atoms in total. The summed E-state index contributed by atoms with van der Waals surface area (Å²) in [4.78, 5) is 27.7. The Bertz CT molecular complexity index is 905. The van der Waals surface area contributed by atoms with E-state index in [1.807, 2.05) is 26.0 Å². The minimum absolute atomic E-state index is 0.142. The lowest BCUT2D eigenvalue weighted by atomic mass is 10.0. The molecule has 0 saturated carbocycles. The first-order valence-corrected chi connectivity index (χ1v) is 9.56. The Hall–Kier alpha value is -2.25. The van der Waals surface area contributed by atoms with Crippen molar-refractivity contribution in [2.45, 2.75) is 39.0 Å². The highest BCUT2D eigenvalue weighted by Crippen LogP contribution is 2.32. The van der Waals surface area contributed by atoms with Crippen LogP contribution in [0.25, 0.3) is 10.8 Å². The number of benzene rings is 1. The van der Waals surface area contributed by atoms with Crippen LogP contribution in [0.1, 0.15) is 37.2 Å². The Kier molecular flexibility index (Phi) is 4.74. The van der Waals surface area contributed by atoms with E-state index in [0.29, 0.717) is 62.2 Å². The number of rotatable bonds is 3. The van der Waals surface area contributed by atoms with Gasteiger partial charge in [0, 0.05) is 37.9 Å². The monoisotopic (exact) mass is 371 g/mol. The normalized spacial score (nSPS) is 19.3. The Morgan fingerprint density at radius 2 is 1.78 bits per heavy atom. The highest BCUT2D eigenvalue weighted by molar-refractivity contribution is 6.04. The maximum atomic E-state index is 13.2. The number of hydrogen-bond acceptors (Lipinski definition) is 5. The number of amides is 1. The fourth-order valence-electron chi connectivity index (χ4n) is 3.85. The predicted octanol–water partition coefficient (Wildman–Crippen LogP) is 2.03. The number of likely N-dealkylation sites (tertiary alicyclic amines) is 1. The molecule has 1 aromatic carbocycles. The van der Waals surface area contributed by atoms with Crippen LogP contribution >= 0.6 is 0 Å². The van der Waals surface area contributed by atoms with E-state index in [9.17, 15) is 9.59 Å². The second kappa shape index (κ2) is 7.05. The number of fused-ring (bicyclic) bond motifs is 1. The molecule has 2 fully saturated rings. The molecule has 144 valence electrons. The van der Waals surface area contributed by atoms with Crippen molar-refractivity contribution in [3.63, 3.8) is 0 Å². The summed E-state index contributed by atoms with van der Waals surface area (Å²) in [5.74, 6) is -0.412. The lowest BCUT2D eigenvalue weighted by molar-refractivity contribution is -0.181. The lowest BCUT2D eigenvalue weighted by Gasteiger charge is -2.37. The lowest BCUT2D eigenvalue weighted by Crippen LogP contribution is -2.47. The van der Waals surface area contributed by atoms with E-state index in [0.717, 1.165) is 0 Å². The van der Waals surface area contributed by atoms with Crippen LogP contribution in [-0.2, 0) is 16.0 Å². The molecule has 1 spiro atoms. The van der Waals surface area contributed by atoms with Gasteiger partial charge in [0.05, 0.1) is 18.6 Å². The van der Waals surface area contributed by atoms with Crippen LogP contribution < -0.4 is 5.56 Å². The predicted molar refractivity (Wildman–Crippen MR) is 101 cm³/mol. The third-order valence-corrected chi connectivity index (χ3v) is 5.23. The van der Waals surface area contributed by atoms with Crippen LogP contribution in [0.15, 0.2) is 29.1 Å². The summed E-state index contributed by atoms with van der Waals surface area (Å²) in [6.45, 7) is 6.86. The quantitative estimate of drug-likeness (QED) is 0.825. The van der Waals surface area contributed by atoms with Crippen molar-refractivity contribution >= 4 is 16.7 Å². The van der Waals surface area contributed by atoms with Gasteiger partial charge in [0.15, 0.2) is 11.5 Å². The molecule has 7 heteroatoms. The molecule has 2 aromatic rings. The molecule has 3 heterocycles.